The fraction of sp³-hybridized carbons (Fsp3) is 0. The molecule has 45 heavy (non-hydrogen) atoms. The van der Waals surface area contributed by atoms with Gasteiger partial charge < -0.3 is 4.42 Å². The molecule has 0 aliphatic rings. The smallest absolute Gasteiger partial charge is 0.227 e. The van der Waals surface area contributed by atoms with Crippen molar-refractivity contribution < 1.29 is 4.42 Å². The first kappa shape index (κ1) is 25.4. The molecule has 210 valence electrons. The summed E-state index contributed by atoms with van der Waals surface area (Å²) in [7, 11) is 0. The SMILES string of the molecule is c1ccc(-c2cccc(-c3nc4ccccc4nc3-c3ccc4ccc5ccc6nc(-c7ccccc7)oc6c5c4c3)c2)cc1. The third kappa shape index (κ3) is 4.35. The summed E-state index contributed by atoms with van der Waals surface area (Å²) in [5.41, 5.74) is 10.3. The molecular weight excluding hydrogens is 550 g/mol. The number of fused-ring (bicyclic) bond motifs is 6. The summed E-state index contributed by atoms with van der Waals surface area (Å²) in [6.45, 7) is 0. The van der Waals surface area contributed by atoms with Crippen LogP contribution in [-0.2, 0) is 0 Å². The van der Waals surface area contributed by atoms with Crippen molar-refractivity contribution >= 4 is 43.7 Å². The summed E-state index contributed by atoms with van der Waals surface area (Å²) in [6.07, 6.45) is 0. The van der Waals surface area contributed by atoms with Crippen molar-refractivity contribution in [2.75, 3.05) is 0 Å². The van der Waals surface area contributed by atoms with Gasteiger partial charge in [-0.1, -0.05) is 109 Å². The second-order valence-electron chi connectivity index (χ2n) is 11.3. The van der Waals surface area contributed by atoms with E-state index in [1.165, 1.54) is 0 Å². The van der Waals surface area contributed by atoms with Crippen molar-refractivity contribution in [2.24, 2.45) is 0 Å². The molecule has 0 atom stereocenters. The normalized spacial score (nSPS) is 11.6. The van der Waals surface area contributed by atoms with Gasteiger partial charge in [-0.25, -0.2) is 15.0 Å². The Morgan fingerprint density at radius 2 is 0.956 bits per heavy atom. The highest BCUT2D eigenvalue weighted by Crippen LogP contribution is 2.39. The second-order valence-corrected chi connectivity index (χ2v) is 11.3. The number of para-hydroxylation sites is 2. The summed E-state index contributed by atoms with van der Waals surface area (Å²) >= 11 is 0. The van der Waals surface area contributed by atoms with Crippen LogP contribution >= 0.6 is 0 Å². The van der Waals surface area contributed by atoms with Crippen LogP contribution in [0.3, 0.4) is 0 Å². The second kappa shape index (κ2) is 10.2. The van der Waals surface area contributed by atoms with Crippen molar-refractivity contribution in [3.05, 3.63) is 152 Å². The molecule has 0 saturated carbocycles. The number of nitrogens with zero attached hydrogens (tertiary/aromatic N) is 3. The minimum atomic E-state index is 0.618. The number of aromatic nitrogens is 3. The van der Waals surface area contributed by atoms with E-state index in [0.29, 0.717) is 5.89 Å². The summed E-state index contributed by atoms with van der Waals surface area (Å²) in [5.74, 6) is 0.618. The summed E-state index contributed by atoms with van der Waals surface area (Å²) in [5, 5.41) is 4.36. The molecule has 0 radical (unpaired) electrons. The topological polar surface area (TPSA) is 51.8 Å². The van der Waals surface area contributed by atoms with Gasteiger partial charge in [0.2, 0.25) is 5.89 Å². The quantitative estimate of drug-likeness (QED) is 0.196. The Bertz CT molecular complexity index is 2540. The molecule has 0 unspecified atom stereocenters. The first-order valence-electron chi connectivity index (χ1n) is 15.0. The maximum atomic E-state index is 6.49. The van der Waals surface area contributed by atoms with Crippen LogP contribution in [0, 0.1) is 0 Å². The van der Waals surface area contributed by atoms with E-state index in [9.17, 15) is 0 Å². The largest absolute Gasteiger partial charge is 0.435 e. The third-order valence-corrected chi connectivity index (χ3v) is 8.46. The predicted molar refractivity (Wildman–Crippen MR) is 184 cm³/mol. The number of oxazole rings is 1. The van der Waals surface area contributed by atoms with Crippen molar-refractivity contribution in [3.63, 3.8) is 0 Å². The van der Waals surface area contributed by atoms with Crippen molar-refractivity contribution in [1.29, 1.82) is 0 Å². The number of rotatable bonds is 4. The molecule has 0 saturated heterocycles. The highest BCUT2D eigenvalue weighted by atomic mass is 16.3. The van der Waals surface area contributed by atoms with E-state index in [1.54, 1.807) is 0 Å². The molecule has 2 aromatic heterocycles. The molecule has 0 aliphatic heterocycles. The Kier molecular flexibility index (Phi) is 5.78. The molecule has 0 N–H and O–H groups in total. The molecule has 0 fully saturated rings. The van der Waals surface area contributed by atoms with Gasteiger partial charge in [0.25, 0.3) is 0 Å². The van der Waals surface area contributed by atoms with Gasteiger partial charge in [0.05, 0.1) is 22.4 Å². The Labute approximate surface area is 259 Å². The molecule has 4 nitrogen and oxygen atoms in total. The Hall–Kier alpha value is -6.13. The molecule has 7 aromatic carbocycles. The zero-order chi connectivity index (χ0) is 29.7. The average molecular weight is 576 g/mol. The maximum Gasteiger partial charge on any atom is 0.227 e. The fourth-order valence-corrected chi connectivity index (χ4v) is 6.25. The zero-order valence-corrected chi connectivity index (χ0v) is 24.2. The van der Waals surface area contributed by atoms with Crippen LogP contribution in [-0.4, -0.2) is 15.0 Å². The van der Waals surface area contributed by atoms with Gasteiger partial charge in [0.15, 0.2) is 5.58 Å². The predicted octanol–water partition coefficient (Wildman–Crippen LogP) is 10.7. The van der Waals surface area contributed by atoms with Crippen LogP contribution in [0.1, 0.15) is 0 Å². The molecule has 0 aliphatic carbocycles. The molecule has 9 aromatic rings. The highest BCUT2D eigenvalue weighted by Gasteiger charge is 2.17. The first-order valence-corrected chi connectivity index (χ1v) is 15.0. The lowest BCUT2D eigenvalue weighted by Gasteiger charge is -2.13. The van der Waals surface area contributed by atoms with Gasteiger partial charge in [-0.2, -0.15) is 0 Å². The summed E-state index contributed by atoms with van der Waals surface area (Å²) in [6, 6.07) is 52.1. The van der Waals surface area contributed by atoms with Crippen LogP contribution in [0.5, 0.6) is 0 Å². The van der Waals surface area contributed by atoms with E-state index in [0.717, 1.165) is 82.9 Å². The van der Waals surface area contributed by atoms with Gasteiger partial charge in [-0.15, -0.1) is 0 Å². The number of hydrogen-bond acceptors (Lipinski definition) is 4. The summed E-state index contributed by atoms with van der Waals surface area (Å²) in [4.78, 5) is 15.3. The van der Waals surface area contributed by atoms with E-state index in [4.69, 9.17) is 19.4 Å². The van der Waals surface area contributed by atoms with Crippen molar-refractivity contribution in [1.82, 2.24) is 15.0 Å². The molecule has 4 heteroatoms. The standard InChI is InChI=1S/C41H25N3O/c1-3-10-26(11-4-1)30-14-9-15-31(24-30)38-39(43-35-17-8-7-16-34(35)42-38)32-21-19-27-18-20-28-22-23-36-40(37(28)33(27)25-32)45-41(44-36)29-12-5-2-6-13-29/h1-25H. The fourth-order valence-electron chi connectivity index (χ4n) is 6.25. The highest BCUT2D eigenvalue weighted by molar-refractivity contribution is 6.18. The Balaban J connectivity index is 1.29. The molecular formula is C41H25N3O. The summed E-state index contributed by atoms with van der Waals surface area (Å²) < 4.78 is 6.49. The van der Waals surface area contributed by atoms with E-state index < -0.39 is 0 Å². The van der Waals surface area contributed by atoms with Gasteiger partial charge in [0.1, 0.15) is 5.52 Å². The van der Waals surface area contributed by atoms with Crippen LogP contribution in [0.25, 0.3) is 88.8 Å². The lowest BCUT2D eigenvalue weighted by molar-refractivity contribution is 0.623. The van der Waals surface area contributed by atoms with Crippen molar-refractivity contribution in [3.8, 4) is 45.1 Å². The molecule has 0 bridgehead atoms. The van der Waals surface area contributed by atoms with E-state index in [-0.39, 0.29) is 0 Å². The minimum absolute atomic E-state index is 0.618. The Morgan fingerprint density at radius 1 is 0.378 bits per heavy atom. The maximum absolute atomic E-state index is 6.49. The lowest BCUT2D eigenvalue weighted by atomic mass is 9.95. The Morgan fingerprint density at radius 3 is 1.71 bits per heavy atom. The van der Waals surface area contributed by atoms with Crippen LogP contribution in [0.15, 0.2) is 156 Å². The first-order chi connectivity index (χ1) is 22.3. The molecule has 2 heterocycles. The van der Waals surface area contributed by atoms with Crippen LogP contribution < -0.4 is 0 Å². The zero-order valence-electron chi connectivity index (χ0n) is 24.2. The molecule has 0 spiro atoms. The van der Waals surface area contributed by atoms with Crippen molar-refractivity contribution in [2.45, 2.75) is 0 Å². The van der Waals surface area contributed by atoms with E-state index in [2.05, 4.69) is 84.9 Å². The molecule has 0 amide bonds. The van der Waals surface area contributed by atoms with Crippen LogP contribution in [0.4, 0.5) is 0 Å². The van der Waals surface area contributed by atoms with Crippen LogP contribution in [0.2, 0.25) is 0 Å². The molecule has 9 rings (SSSR count). The van der Waals surface area contributed by atoms with E-state index >= 15 is 0 Å². The van der Waals surface area contributed by atoms with Gasteiger partial charge in [-0.3, -0.25) is 0 Å². The van der Waals surface area contributed by atoms with Gasteiger partial charge in [-0.05, 0) is 69.8 Å². The average Bonchev–Trinajstić information content (AvgIpc) is 3.56. The monoisotopic (exact) mass is 575 g/mol. The minimum Gasteiger partial charge on any atom is -0.435 e. The van der Waals surface area contributed by atoms with Gasteiger partial charge in [0, 0.05) is 22.1 Å². The lowest BCUT2D eigenvalue weighted by Crippen LogP contribution is -1.96. The number of benzene rings is 7. The number of hydrogen-bond donors (Lipinski definition) is 0. The third-order valence-electron chi connectivity index (χ3n) is 8.46. The van der Waals surface area contributed by atoms with Gasteiger partial charge >= 0.3 is 0 Å². The van der Waals surface area contributed by atoms with E-state index in [1.807, 2.05) is 66.7 Å².